The molecule has 3 heterocycles. The van der Waals surface area contributed by atoms with Crippen molar-refractivity contribution in [2.75, 3.05) is 57.5 Å². The number of morpholine rings is 2. The maximum atomic E-state index is 12.8. The van der Waals surface area contributed by atoms with E-state index in [1.807, 2.05) is 0 Å². The molecule has 1 aromatic carbocycles. The Balaban J connectivity index is 1.37. The van der Waals surface area contributed by atoms with Gasteiger partial charge in [-0.3, -0.25) is 0 Å². The lowest BCUT2D eigenvalue weighted by Gasteiger charge is -2.27. The van der Waals surface area contributed by atoms with E-state index >= 15 is 0 Å². The Labute approximate surface area is 181 Å². The topological polar surface area (TPSA) is 98.3 Å². The Morgan fingerprint density at radius 1 is 1.00 bits per heavy atom. The molecule has 0 atom stereocenters. The van der Waals surface area contributed by atoms with Crippen LogP contribution in [0.15, 0.2) is 47.5 Å². The Kier molecular flexibility index (Phi) is 6.81. The lowest BCUT2D eigenvalue weighted by Crippen LogP contribution is -2.40. The van der Waals surface area contributed by atoms with E-state index in [0.717, 1.165) is 18.9 Å². The number of sulfonamides is 1. The number of aromatic nitrogens is 1. The summed E-state index contributed by atoms with van der Waals surface area (Å²) in [6, 6.07) is 9.93. The third kappa shape index (κ3) is 5.21. The van der Waals surface area contributed by atoms with Gasteiger partial charge in [-0.2, -0.15) is 4.31 Å². The summed E-state index contributed by atoms with van der Waals surface area (Å²) in [7, 11) is -3.60. The highest BCUT2D eigenvalue weighted by atomic mass is 32.2. The zero-order valence-electron chi connectivity index (χ0n) is 17.1. The Morgan fingerprint density at radius 2 is 1.71 bits per heavy atom. The molecule has 2 saturated heterocycles. The fraction of sp³-hybridized carbons (Fsp3) is 0.429. The molecule has 0 spiro atoms. The number of hydrogen-bond acceptors (Lipinski definition) is 8. The van der Waals surface area contributed by atoms with Gasteiger partial charge in [0.2, 0.25) is 10.0 Å². The van der Waals surface area contributed by atoms with Crippen molar-refractivity contribution in [1.29, 1.82) is 0 Å². The van der Waals surface area contributed by atoms with E-state index < -0.39 is 16.0 Å². The summed E-state index contributed by atoms with van der Waals surface area (Å²) >= 11 is 0. The molecule has 0 bridgehead atoms. The zero-order chi connectivity index (χ0) is 21.7. The number of pyridine rings is 1. The van der Waals surface area contributed by atoms with E-state index in [1.54, 1.807) is 30.3 Å². The predicted octanol–water partition coefficient (Wildman–Crippen LogP) is 1.30. The summed E-state index contributed by atoms with van der Waals surface area (Å²) in [6.07, 6.45) is 1.49. The molecule has 9 nitrogen and oxygen atoms in total. The van der Waals surface area contributed by atoms with Gasteiger partial charge in [0.15, 0.2) is 0 Å². The minimum atomic E-state index is -3.60. The second-order valence-electron chi connectivity index (χ2n) is 7.24. The molecule has 31 heavy (non-hydrogen) atoms. The van der Waals surface area contributed by atoms with Crippen molar-refractivity contribution >= 4 is 21.8 Å². The SMILES string of the molecule is O=C(OCc1cccc(S(=O)(=O)N2CCOCC2)c1)c1ccc(N2CCOCC2)nc1. The van der Waals surface area contributed by atoms with Gasteiger partial charge in [0, 0.05) is 32.4 Å². The van der Waals surface area contributed by atoms with Crippen LogP contribution >= 0.6 is 0 Å². The number of rotatable bonds is 6. The first-order valence-corrected chi connectivity index (χ1v) is 11.6. The molecular weight excluding hydrogens is 422 g/mol. The van der Waals surface area contributed by atoms with Gasteiger partial charge in [0.25, 0.3) is 0 Å². The van der Waals surface area contributed by atoms with Gasteiger partial charge in [-0.05, 0) is 29.8 Å². The summed E-state index contributed by atoms with van der Waals surface area (Å²) < 4.78 is 42.9. The van der Waals surface area contributed by atoms with E-state index in [-0.39, 0.29) is 11.5 Å². The first kappa shape index (κ1) is 21.7. The van der Waals surface area contributed by atoms with Crippen LogP contribution in [0.4, 0.5) is 5.82 Å². The highest BCUT2D eigenvalue weighted by molar-refractivity contribution is 7.89. The first-order chi connectivity index (χ1) is 15.0. The monoisotopic (exact) mass is 447 g/mol. The van der Waals surface area contributed by atoms with Crippen molar-refractivity contribution in [1.82, 2.24) is 9.29 Å². The molecule has 1 aromatic heterocycles. The lowest BCUT2D eigenvalue weighted by molar-refractivity contribution is 0.0472. The Morgan fingerprint density at radius 3 is 2.39 bits per heavy atom. The molecule has 0 N–H and O–H groups in total. The van der Waals surface area contributed by atoms with Gasteiger partial charge in [-0.15, -0.1) is 0 Å². The number of nitrogens with zero attached hydrogens (tertiary/aromatic N) is 3. The number of hydrogen-bond donors (Lipinski definition) is 0. The molecule has 0 amide bonds. The average molecular weight is 448 g/mol. The minimum absolute atomic E-state index is 0.0312. The molecule has 0 aliphatic carbocycles. The molecule has 10 heteroatoms. The summed E-state index contributed by atoms with van der Waals surface area (Å²) in [6.45, 7) is 4.24. The van der Waals surface area contributed by atoms with E-state index in [9.17, 15) is 13.2 Å². The highest BCUT2D eigenvalue weighted by Crippen LogP contribution is 2.19. The maximum Gasteiger partial charge on any atom is 0.340 e. The molecule has 2 fully saturated rings. The summed E-state index contributed by atoms with van der Waals surface area (Å²) in [4.78, 5) is 19.0. The van der Waals surface area contributed by atoms with Crippen molar-refractivity contribution in [2.45, 2.75) is 11.5 Å². The second-order valence-corrected chi connectivity index (χ2v) is 9.18. The number of ether oxygens (including phenoxy) is 3. The normalized spacial score (nSPS) is 18.0. The second kappa shape index (κ2) is 9.73. The average Bonchev–Trinajstić information content (AvgIpc) is 2.84. The fourth-order valence-corrected chi connectivity index (χ4v) is 4.93. The molecular formula is C21H25N3O6S. The smallest absolute Gasteiger partial charge is 0.340 e. The van der Waals surface area contributed by atoms with Crippen LogP contribution in [0.25, 0.3) is 0 Å². The Hall–Kier alpha value is -2.53. The Bertz CT molecular complexity index is 1000. The zero-order valence-corrected chi connectivity index (χ0v) is 17.9. The standard InChI is InChI=1S/C21H25N3O6S/c25-21(18-4-5-20(22-15-18)23-6-10-28-11-7-23)30-16-17-2-1-3-19(14-17)31(26,27)24-8-12-29-13-9-24/h1-5,14-15H,6-13,16H2. The van der Waals surface area contributed by atoms with Crippen molar-refractivity contribution in [3.8, 4) is 0 Å². The molecule has 2 aromatic rings. The van der Waals surface area contributed by atoms with Crippen LogP contribution in [0, 0.1) is 0 Å². The van der Waals surface area contributed by atoms with Crippen molar-refractivity contribution < 1.29 is 27.4 Å². The van der Waals surface area contributed by atoms with E-state index in [2.05, 4.69) is 9.88 Å². The van der Waals surface area contributed by atoms with E-state index in [0.29, 0.717) is 50.6 Å². The predicted molar refractivity (Wildman–Crippen MR) is 112 cm³/mol. The van der Waals surface area contributed by atoms with Crippen molar-refractivity contribution in [3.05, 3.63) is 53.7 Å². The van der Waals surface area contributed by atoms with E-state index in [4.69, 9.17) is 14.2 Å². The van der Waals surface area contributed by atoms with Gasteiger partial charge in [-0.1, -0.05) is 12.1 Å². The van der Waals surface area contributed by atoms with Crippen LogP contribution in [0.1, 0.15) is 15.9 Å². The number of benzene rings is 1. The first-order valence-electron chi connectivity index (χ1n) is 10.2. The quantitative estimate of drug-likeness (QED) is 0.611. The van der Waals surface area contributed by atoms with Crippen LogP contribution in [0.5, 0.6) is 0 Å². The molecule has 4 rings (SSSR count). The molecule has 166 valence electrons. The molecule has 2 aliphatic rings. The highest BCUT2D eigenvalue weighted by Gasteiger charge is 2.26. The fourth-order valence-electron chi connectivity index (χ4n) is 3.45. The third-order valence-electron chi connectivity index (χ3n) is 5.19. The minimum Gasteiger partial charge on any atom is -0.457 e. The largest absolute Gasteiger partial charge is 0.457 e. The van der Waals surface area contributed by atoms with Gasteiger partial charge in [0.05, 0.1) is 36.9 Å². The van der Waals surface area contributed by atoms with Crippen LogP contribution in [-0.2, 0) is 30.8 Å². The van der Waals surface area contributed by atoms with Gasteiger partial charge in [-0.25, -0.2) is 18.2 Å². The lowest BCUT2D eigenvalue weighted by atomic mass is 10.2. The summed E-state index contributed by atoms with van der Waals surface area (Å²) in [5, 5.41) is 0. The van der Waals surface area contributed by atoms with Crippen molar-refractivity contribution in [3.63, 3.8) is 0 Å². The number of anilines is 1. The number of carbonyl (C=O) groups excluding carboxylic acids is 1. The number of esters is 1. The van der Waals surface area contributed by atoms with Crippen LogP contribution in [0.2, 0.25) is 0 Å². The van der Waals surface area contributed by atoms with Gasteiger partial charge >= 0.3 is 5.97 Å². The molecule has 2 aliphatic heterocycles. The van der Waals surface area contributed by atoms with Crippen LogP contribution in [-0.4, -0.2) is 76.3 Å². The summed E-state index contributed by atoms with van der Waals surface area (Å²) in [5.74, 6) is 0.281. The molecule has 0 unspecified atom stereocenters. The molecule has 0 saturated carbocycles. The van der Waals surface area contributed by atoms with E-state index in [1.165, 1.54) is 16.6 Å². The van der Waals surface area contributed by atoms with Gasteiger partial charge in [0.1, 0.15) is 12.4 Å². The van der Waals surface area contributed by atoms with Crippen molar-refractivity contribution in [2.24, 2.45) is 0 Å². The van der Waals surface area contributed by atoms with Gasteiger partial charge < -0.3 is 19.1 Å². The van der Waals surface area contributed by atoms with Crippen LogP contribution in [0.3, 0.4) is 0 Å². The third-order valence-corrected chi connectivity index (χ3v) is 7.09. The summed E-state index contributed by atoms with van der Waals surface area (Å²) in [5.41, 5.74) is 0.940. The molecule has 0 radical (unpaired) electrons. The number of carbonyl (C=O) groups is 1. The maximum absolute atomic E-state index is 12.8. The van der Waals surface area contributed by atoms with Crippen LogP contribution < -0.4 is 4.90 Å².